The van der Waals surface area contributed by atoms with Crippen LogP contribution in [-0.4, -0.2) is 11.9 Å². The first-order valence-corrected chi connectivity index (χ1v) is 7.24. The van der Waals surface area contributed by atoms with Crippen LogP contribution in [0.3, 0.4) is 0 Å². The molecule has 0 spiro atoms. The van der Waals surface area contributed by atoms with E-state index < -0.39 is 40.7 Å². The van der Waals surface area contributed by atoms with Crippen molar-refractivity contribution in [2.45, 2.75) is 6.92 Å². The molecule has 4 nitrogen and oxygen atoms in total. The van der Waals surface area contributed by atoms with Crippen molar-refractivity contribution in [3.05, 3.63) is 72.6 Å². The van der Waals surface area contributed by atoms with Crippen molar-refractivity contribution in [3.8, 4) is 22.6 Å². The number of hydrogen-bond acceptors (Lipinski definition) is 4. The van der Waals surface area contributed by atoms with Crippen LogP contribution in [0, 0.1) is 17.5 Å². The molecule has 0 N–H and O–H groups in total. The van der Waals surface area contributed by atoms with Crippen LogP contribution in [0.5, 0.6) is 11.5 Å². The van der Waals surface area contributed by atoms with Crippen LogP contribution in [0.25, 0.3) is 11.1 Å². The second-order valence-corrected chi connectivity index (χ2v) is 5.18. The first-order valence-electron chi connectivity index (χ1n) is 7.24. The van der Waals surface area contributed by atoms with Crippen LogP contribution in [0.2, 0.25) is 0 Å². The summed E-state index contributed by atoms with van der Waals surface area (Å²) in [6, 6.07) is 5.25. The van der Waals surface area contributed by atoms with Gasteiger partial charge in [0.15, 0.2) is 11.6 Å². The number of benzene rings is 2. The lowest BCUT2D eigenvalue weighted by atomic mass is 10.0. The molecule has 0 aliphatic rings. The van der Waals surface area contributed by atoms with Crippen molar-refractivity contribution in [1.82, 2.24) is 0 Å². The molecule has 2 rings (SSSR count). The van der Waals surface area contributed by atoms with E-state index in [2.05, 4.69) is 17.9 Å². The summed E-state index contributed by atoms with van der Waals surface area (Å²) >= 11 is 0. The number of esters is 2. The van der Waals surface area contributed by atoms with Crippen molar-refractivity contribution >= 4 is 11.9 Å². The van der Waals surface area contributed by atoms with E-state index in [9.17, 15) is 22.8 Å². The Morgan fingerprint density at radius 1 is 1.00 bits per heavy atom. The average molecular weight is 362 g/mol. The number of carbonyl (C=O) groups is 2. The lowest BCUT2D eigenvalue weighted by Gasteiger charge is -2.10. The van der Waals surface area contributed by atoms with Gasteiger partial charge in [0.25, 0.3) is 0 Å². The standard InChI is InChI=1S/C19H13F3O4/c1-4-16(23)25-11-5-6-12(14(20)9-11)13-7-8-15(18(22)17(13)21)26-19(24)10(2)3/h4-9H,1-2H2,3H3. The van der Waals surface area contributed by atoms with Crippen molar-refractivity contribution in [1.29, 1.82) is 0 Å². The number of carbonyl (C=O) groups excluding carboxylic acids is 2. The predicted octanol–water partition coefficient (Wildman–Crippen LogP) is 4.34. The first-order chi connectivity index (χ1) is 12.2. The Bertz CT molecular complexity index is 919. The zero-order chi connectivity index (χ0) is 19.4. The van der Waals surface area contributed by atoms with Gasteiger partial charge in [-0.15, -0.1) is 0 Å². The van der Waals surface area contributed by atoms with Gasteiger partial charge in [0.1, 0.15) is 11.6 Å². The van der Waals surface area contributed by atoms with Crippen molar-refractivity contribution in [2.24, 2.45) is 0 Å². The van der Waals surface area contributed by atoms with Crippen molar-refractivity contribution in [3.63, 3.8) is 0 Å². The quantitative estimate of drug-likeness (QED) is 0.451. The topological polar surface area (TPSA) is 52.6 Å². The molecule has 0 fully saturated rings. The van der Waals surface area contributed by atoms with E-state index >= 15 is 0 Å². The zero-order valence-corrected chi connectivity index (χ0v) is 13.6. The third-order valence-electron chi connectivity index (χ3n) is 3.21. The highest BCUT2D eigenvalue weighted by Gasteiger charge is 2.20. The van der Waals surface area contributed by atoms with Gasteiger partial charge < -0.3 is 9.47 Å². The van der Waals surface area contributed by atoms with Gasteiger partial charge in [-0.3, -0.25) is 0 Å². The molecule has 0 bridgehead atoms. The van der Waals surface area contributed by atoms with Crippen LogP contribution < -0.4 is 9.47 Å². The van der Waals surface area contributed by atoms with Gasteiger partial charge in [-0.25, -0.2) is 18.4 Å². The maximum atomic E-state index is 14.3. The molecular weight excluding hydrogens is 349 g/mol. The summed E-state index contributed by atoms with van der Waals surface area (Å²) < 4.78 is 52.0. The molecule has 0 unspecified atom stereocenters. The fourth-order valence-corrected chi connectivity index (χ4v) is 1.94. The molecule has 0 atom stereocenters. The normalized spacial score (nSPS) is 10.2. The molecule has 0 saturated carbocycles. The first kappa shape index (κ1) is 19.0. The maximum absolute atomic E-state index is 14.3. The highest BCUT2D eigenvalue weighted by molar-refractivity contribution is 5.89. The minimum absolute atomic E-state index is 0.00425. The van der Waals surface area contributed by atoms with Crippen LogP contribution in [0.1, 0.15) is 6.92 Å². The highest BCUT2D eigenvalue weighted by atomic mass is 19.2. The van der Waals surface area contributed by atoms with Crippen LogP contribution >= 0.6 is 0 Å². The third-order valence-corrected chi connectivity index (χ3v) is 3.21. The second kappa shape index (κ2) is 7.69. The Hall–Kier alpha value is -3.35. The van der Waals surface area contributed by atoms with Gasteiger partial charge >= 0.3 is 11.9 Å². The molecule has 134 valence electrons. The molecule has 0 heterocycles. The van der Waals surface area contributed by atoms with E-state index in [1.807, 2.05) is 0 Å². The summed E-state index contributed by atoms with van der Waals surface area (Å²) in [4.78, 5) is 22.5. The number of hydrogen-bond donors (Lipinski definition) is 0. The minimum Gasteiger partial charge on any atom is -0.423 e. The summed E-state index contributed by atoms with van der Waals surface area (Å²) in [7, 11) is 0. The Balaban J connectivity index is 2.39. The van der Waals surface area contributed by atoms with Gasteiger partial charge in [0, 0.05) is 28.8 Å². The molecule has 0 aliphatic heterocycles. The molecule has 7 heteroatoms. The van der Waals surface area contributed by atoms with Crippen LogP contribution in [0.4, 0.5) is 13.2 Å². The third kappa shape index (κ3) is 4.00. The Morgan fingerprint density at radius 2 is 1.65 bits per heavy atom. The molecule has 0 saturated heterocycles. The van der Waals surface area contributed by atoms with Gasteiger partial charge in [0.2, 0.25) is 5.82 Å². The molecule has 0 amide bonds. The largest absolute Gasteiger partial charge is 0.423 e. The Labute approximate surface area is 147 Å². The zero-order valence-electron chi connectivity index (χ0n) is 13.6. The van der Waals surface area contributed by atoms with E-state index in [0.29, 0.717) is 0 Å². The smallest absolute Gasteiger partial charge is 0.338 e. The SMILES string of the molecule is C=CC(=O)Oc1ccc(-c2ccc(OC(=O)C(=C)C)c(F)c2F)c(F)c1. The van der Waals surface area contributed by atoms with E-state index in [1.54, 1.807) is 0 Å². The van der Waals surface area contributed by atoms with Crippen molar-refractivity contribution < 1.29 is 32.2 Å². The predicted molar refractivity (Wildman–Crippen MR) is 88.0 cm³/mol. The molecule has 0 radical (unpaired) electrons. The lowest BCUT2D eigenvalue weighted by Crippen LogP contribution is -2.10. The lowest BCUT2D eigenvalue weighted by molar-refractivity contribution is -0.130. The minimum atomic E-state index is -1.45. The van der Waals surface area contributed by atoms with Gasteiger partial charge in [-0.05, 0) is 31.2 Å². The summed E-state index contributed by atoms with van der Waals surface area (Å²) in [5, 5.41) is 0. The van der Waals surface area contributed by atoms with Crippen LogP contribution in [-0.2, 0) is 9.59 Å². The molecular formula is C19H13F3O4. The average Bonchev–Trinajstić information content (AvgIpc) is 2.59. The summed E-state index contributed by atoms with van der Waals surface area (Å²) in [5.41, 5.74) is -0.654. The second-order valence-electron chi connectivity index (χ2n) is 5.18. The monoisotopic (exact) mass is 362 g/mol. The maximum Gasteiger partial charge on any atom is 0.338 e. The molecule has 0 aliphatic carbocycles. The number of halogens is 3. The number of ether oxygens (including phenoxy) is 2. The van der Waals surface area contributed by atoms with Gasteiger partial charge in [-0.1, -0.05) is 13.2 Å². The fraction of sp³-hybridized carbons (Fsp3) is 0.0526. The van der Waals surface area contributed by atoms with E-state index in [4.69, 9.17) is 4.74 Å². The Morgan fingerprint density at radius 3 is 2.23 bits per heavy atom. The molecule has 2 aromatic rings. The molecule has 26 heavy (non-hydrogen) atoms. The van der Waals surface area contributed by atoms with E-state index in [0.717, 1.165) is 30.3 Å². The van der Waals surface area contributed by atoms with E-state index in [-0.39, 0.29) is 16.9 Å². The fourth-order valence-electron chi connectivity index (χ4n) is 1.94. The van der Waals surface area contributed by atoms with Crippen LogP contribution in [0.15, 0.2) is 55.1 Å². The molecule has 2 aromatic carbocycles. The molecule has 0 aromatic heterocycles. The van der Waals surface area contributed by atoms with Crippen molar-refractivity contribution in [2.75, 3.05) is 0 Å². The summed E-state index contributed by atoms with van der Waals surface area (Å²) in [6.07, 6.45) is 0.895. The summed E-state index contributed by atoms with van der Waals surface area (Å²) in [6.45, 7) is 7.89. The summed E-state index contributed by atoms with van der Waals surface area (Å²) in [5.74, 6) is -6.26. The van der Waals surface area contributed by atoms with Gasteiger partial charge in [0.05, 0.1) is 0 Å². The van der Waals surface area contributed by atoms with Gasteiger partial charge in [-0.2, -0.15) is 4.39 Å². The Kier molecular flexibility index (Phi) is 5.61. The van der Waals surface area contributed by atoms with E-state index in [1.165, 1.54) is 13.0 Å². The highest BCUT2D eigenvalue weighted by Crippen LogP contribution is 2.33. The number of rotatable bonds is 5.